The van der Waals surface area contributed by atoms with Crippen LogP contribution in [0.4, 0.5) is 5.95 Å². The second-order valence-electron chi connectivity index (χ2n) is 7.60. The average molecular weight is 370 g/mol. The maximum absolute atomic E-state index is 13.3. The highest BCUT2D eigenvalue weighted by Gasteiger charge is 2.48. The Morgan fingerprint density at radius 2 is 1.75 bits per heavy atom. The van der Waals surface area contributed by atoms with Crippen molar-refractivity contribution in [1.29, 1.82) is 0 Å². The van der Waals surface area contributed by atoms with Gasteiger partial charge in [0.2, 0.25) is 5.95 Å². The molecule has 5 rings (SSSR count). The normalized spacial score (nSPS) is 20.6. The van der Waals surface area contributed by atoms with Crippen molar-refractivity contribution in [3.8, 4) is 11.1 Å². The topological polar surface area (TPSA) is 49.3 Å². The number of benzene rings is 2. The molecule has 0 spiro atoms. The van der Waals surface area contributed by atoms with Crippen molar-refractivity contribution in [2.24, 2.45) is 5.92 Å². The molecule has 2 aliphatic heterocycles. The number of likely N-dealkylation sites (tertiary alicyclic amines) is 1. The number of anilines is 1. The fourth-order valence-electron chi connectivity index (χ4n) is 4.32. The van der Waals surface area contributed by atoms with Crippen molar-refractivity contribution < 1.29 is 4.79 Å². The first kappa shape index (κ1) is 16.9. The van der Waals surface area contributed by atoms with Crippen molar-refractivity contribution >= 4 is 11.9 Å². The summed E-state index contributed by atoms with van der Waals surface area (Å²) < 4.78 is 0. The summed E-state index contributed by atoms with van der Waals surface area (Å²) in [6, 6.07) is 20.2. The van der Waals surface area contributed by atoms with Gasteiger partial charge in [0.1, 0.15) is 0 Å². The van der Waals surface area contributed by atoms with Crippen LogP contribution in [0.5, 0.6) is 0 Å². The predicted octanol–water partition coefficient (Wildman–Crippen LogP) is 3.41. The van der Waals surface area contributed by atoms with Crippen LogP contribution < -0.4 is 4.90 Å². The predicted molar refractivity (Wildman–Crippen MR) is 109 cm³/mol. The van der Waals surface area contributed by atoms with Gasteiger partial charge in [0.25, 0.3) is 5.91 Å². The highest BCUT2D eigenvalue weighted by Crippen LogP contribution is 2.36. The molecule has 2 unspecified atom stereocenters. The van der Waals surface area contributed by atoms with Crippen LogP contribution in [0.15, 0.2) is 66.9 Å². The Labute approximate surface area is 164 Å². The average Bonchev–Trinajstić information content (AvgIpc) is 3.05. The number of hydrogen-bond donors (Lipinski definition) is 0. The van der Waals surface area contributed by atoms with Gasteiger partial charge in [-0.3, -0.25) is 4.79 Å². The monoisotopic (exact) mass is 370 g/mol. The van der Waals surface area contributed by atoms with Gasteiger partial charge in [-0.1, -0.05) is 48.5 Å². The van der Waals surface area contributed by atoms with Crippen molar-refractivity contribution in [1.82, 2.24) is 14.9 Å². The SMILES string of the molecule is Cc1ccnc(N2CC3CN(C(=O)c4ccccc4-c4ccccc4)CC32)n1. The fourth-order valence-corrected chi connectivity index (χ4v) is 4.32. The van der Waals surface area contributed by atoms with E-state index in [1.807, 2.05) is 60.4 Å². The number of fused-ring (bicyclic) bond motifs is 1. The molecule has 0 saturated carbocycles. The molecule has 5 nitrogen and oxygen atoms in total. The largest absolute Gasteiger partial charge is 0.336 e. The van der Waals surface area contributed by atoms with Crippen LogP contribution in [0.2, 0.25) is 0 Å². The van der Waals surface area contributed by atoms with E-state index < -0.39 is 0 Å². The summed E-state index contributed by atoms with van der Waals surface area (Å²) in [5.74, 6) is 1.39. The summed E-state index contributed by atoms with van der Waals surface area (Å²) in [5, 5.41) is 0. The quantitative estimate of drug-likeness (QED) is 0.709. The van der Waals surface area contributed by atoms with Crippen molar-refractivity contribution in [3.63, 3.8) is 0 Å². The zero-order valence-corrected chi connectivity index (χ0v) is 15.8. The van der Waals surface area contributed by atoms with Gasteiger partial charge in [0.15, 0.2) is 0 Å². The van der Waals surface area contributed by atoms with Gasteiger partial charge in [0, 0.05) is 43.0 Å². The molecule has 2 fully saturated rings. The number of nitrogens with zero attached hydrogens (tertiary/aromatic N) is 4. The maximum Gasteiger partial charge on any atom is 0.254 e. The van der Waals surface area contributed by atoms with Crippen molar-refractivity contribution in [2.75, 3.05) is 24.5 Å². The first-order valence-electron chi connectivity index (χ1n) is 9.71. The molecule has 0 bridgehead atoms. The first-order valence-corrected chi connectivity index (χ1v) is 9.71. The molecule has 0 N–H and O–H groups in total. The Morgan fingerprint density at radius 3 is 2.57 bits per heavy atom. The molecule has 2 atom stereocenters. The molecule has 1 aromatic heterocycles. The van der Waals surface area contributed by atoms with Gasteiger partial charge >= 0.3 is 0 Å². The Balaban J connectivity index is 1.37. The number of carbonyl (C=O) groups excluding carboxylic acids is 1. The minimum atomic E-state index is 0.110. The van der Waals surface area contributed by atoms with E-state index in [9.17, 15) is 4.79 Å². The second-order valence-corrected chi connectivity index (χ2v) is 7.60. The zero-order chi connectivity index (χ0) is 19.1. The van der Waals surface area contributed by atoms with Crippen LogP contribution >= 0.6 is 0 Å². The van der Waals surface area contributed by atoms with Gasteiger partial charge in [-0.2, -0.15) is 0 Å². The molecule has 2 saturated heterocycles. The summed E-state index contributed by atoms with van der Waals surface area (Å²) in [4.78, 5) is 26.5. The van der Waals surface area contributed by atoms with Gasteiger partial charge in [-0.25, -0.2) is 9.97 Å². The summed E-state index contributed by atoms with van der Waals surface area (Å²) in [6.07, 6.45) is 1.80. The summed E-state index contributed by atoms with van der Waals surface area (Å²) in [5.41, 5.74) is 3.80. The molecule has 2 aliphatic rings. The maximum atomic E-state index is 13.3. The summed E-state index contributed by atoms with van der Waals surface area (Å²) >= 11 is 0. The molecule has 1 amide bonds. The zero-order valence-electron chi connectivity index (χ0n) is 15.8. The number of aromatic nitrogens is 2. The molecule has 3 aromatic rings. The highest BCUT2D eigenvalue weighted by molar-refractivity contribution is 6.01. The van der Waals surface area contributed by atoms with Crippen LogP contribution in [-0.4, -0.2) is 46.5 Å². The first-order chi connectivity index (χ1) is 13.7. The van der Waals surface area contributed by atoms with Gasteiger partial charge in [-0.15, -0.1) is 0 Å². The van der Waals surface area contributed by atoms with E-state index in [0.717, 1.165) is 48.0 Å². The third-order valence-electron chi connectivity index (χ3n) is 5.81. The lowest BCUT2D eigenvalue weighted by Gasteiger charge is -2.43. The molecule has 28 heavy (non-hydrogen) atoms. The van der Waals surface area contributed by atoms with Crippen LogP contribution in [0.1, 0.15) is 16.1 Å². The van der Waals surface area contributed by atoms with E-state index in [0.29, 0.717) is 12.0 Å². The van der Waals surface area contributed by atoms with E-state index >= 15 is 0 Å². The molecule has 140 valence electrons. The Kier molecular flexibility index (Phi) is 4.08. The highest BCUT2D eigenvalue weighted by atomic mass is 16.2. The number of carbonyl (C=O) groups is 1. The number of aryl methyl sites for hydroxylation is 1. The molecular formula is C23H22N4O. The standard InChI is InChI=1S/C23H22N4O/c1-16-11-12-24-23(25-16)27-14-18-13-26(15-21(18)27)22(28)20-10-6-5-9-19(20)17-7-3-2-4-8-17/h2-12,18,21H,13-15H2,1H3. The van der Waals surface area contributed by atoms with Crippen LogP contribution in [0.3, 0.4) is 0 Å². The van der Waals surface area contributed by atoms with E-state index in [-0.39, 0.29) is 5.91 Å². The van der Waals surface area contributed by atoms with Gasteiger partial charge < -0.3 is 9.80 Å². The molecule has 0 aliphatic carbocycles. The molecule has 2 aromatic carbocycles. The molecule has 3 heterocycles. The number of amides is 1. The third-order valence-corrected chi connectivity index (χ3v) is 5.81. The third kappa shape index (κ3) is 2.83. The second kappa shape index (κ2) is 6.75. The summed E-state index contributed by atoms with van der Waals surface area (Å²) in [7, 11) is 0. The Bertz CT molecular complexity index is 1020. The number of rotatable bonds is 3. The van der Waals surface area contributed by atoms with Crippen LogP contribution in [0, 0.1) is 12.8 Å². The summed E-state index contributed by atoms with van der Waals surface area (Å²) in [6.45, 7) is 4.42. The van der Waals surface area contributed by atoms with E-state index in [1.54, 1.807) is 6.20 Å². The lowest BCUT2D eigenvalue weighted by molar-refractivity contribution is 0.0790. The molecular weight excluding hydrogens is 348 g/mol. The van der Waals surface area contributed by atoms with E-state index in [4.69, 9.17) is 0 Å². The number of hydrogen-bond acceptors (Lipinski definition) is 4. The lowest BCUT2D eigenvalue weighted by atomic mass is 9.93. The molecule has 0 radical (unpaired) electrons. The van der Waals surface area contributed by atoms with Crippen molar-refractivity contribution in [3.05, 3.63) is 78.1 Å². The molecule has 5 heteroatoms. The minimum Gasteiger partial charge on any atom is -0.336 e. The van der Waals surface area contributed by atoms with Crippen LogP contribution in [-0.2, 0) is 0 Å². The minimum absolute atomic E-state index is 0.110. The van der Waals surface area contributed by atoms with Gasteiger partial charge in [-0.05, 0) is 30.2 Å². The van der Waals surface area contributed by atoms with E-state index in [2.05, 4.69) is 27.0 Å². The Morgan fingerprint density at radius 1 is 0.964 bits per heavy atom. The Hall–Kier alpha value is -3.21. The van der Waals surface area contributed by atoms with Crippen LogP contribution in [0.25, 0.3) is 11.1 Å². The van der Waals surface area contributed by atoms with Crippen molar-refractivity contribution in [2.45, 2.75) is 13.0 Å². The lowest BCUT2D eigenvalue weighted by Crippen LogP contribution is -2.56. The van der Waals surface area contributed by atoms with Gasteiger partial charge in [0.05, 0.1) is 6.04 Å². The smallest absolute Gasteiger partial charge is 0.254 e. The van der Waals surface area contributed by atoms with E-state index in [1.165, 1.54) is 0 Å². The fraction of sp³-hybridized carbons (Fsp3) is 0.261.